The minimum Gasteiger partial charge on any atom is -0.378 e. The van der Waals surface area contributed by atoms with Gasteiger partial charge in [-0.3, -0.25) is 9.59 Å². The second-order valence-corrected chi connectivity index (χ2v) is 7.18. The van der Waals surface area contributed by atoms with Gasteiger partial charge in [-0.1, -0.05) is 6.42 Å². The molecule has 8 nitrogen and oxygen atoms in total. The zero-order valence-electron chi connectivity index (χ0n) is 14.3. The van der Waals surface area contributed by atoms with Crippen molar-refractivity contribution in [2.45, 2.75) is 30.7 Å². The first kappa shape index (κ1) is 16.7. The van der Waals surface area contributed by atoms with Crippen molar-refractivity contribution in [2.24, 2.45) is 0 Å². The second-order valence-electron chi connectivity index (χ2n) is 7.18. The van der Waals surface area contributed by atoms with Gasteiger partial charge in [-0.25, -0.2) is 4.98 Å². The number of rotatable bonds is 2. The van der Waals surface area contributed by atoms with Crippen LogP contribution in [0.4, 0.5) is 0 Å². The van der Waals surface area contributed by atoms with Gasteiger partial charge in [-0.15, -0.1) is 0 Å². The number of nitrogens with zero attached hydrogens (tertiary/aromatic N) is 2. The highest BCUT2D eigenvalue weighted by Crippen LogP contribution is 2.33. The van der Waals surface area contributed by atoms with Crippen LogP contribution in [-0.4, -0.2) is 72.4 Å². The minimum atomic E-state index is -0.406. The Balaban J connectivity index is 1.53. The van der Waals surface area contributed by atoms with Gasteiger partial charge in [-0.05, 0) is 12.8 Å². The number of nitrogens with one attached hydrogen (secondary N) is 2. The van der Waals surface area contributed by atoms with Crippen LogP contribution in [0.3, 0.4) is 0 Å². The van der Waals surface area contributed by atoms with E-state index in [4.69, 9.17) is 9.47 Å². The maximum atomic E-state index is 12.9. The van der Waals surface area contributed by atoms with E-state index in [1.54, 1.807) is 4.90 Å². The van der Waals surface area contributed by atoms with E-state index in [2.05, 4.69) is 15.3 Å². The van der Waals surface area contributed by atoms with Crippen LogP contribution >= 0.6 is 0 Å². The maximum absolute atomic E-state index is 12.9. The monoisotopic (exact) mass is 348 g/mol. The van der Waals surface area contributed by atoms with Gasteiger partial charge in [0, 0.05) is 31.7 Å². The molecular formula is C17H24N4O4. The number of H-pyrrole nitrogens is 1. The fraction of sp³-hybridized carbons (Fsp3) is 0.706. The number of carbonyl (C=O) groups excluding carboxylic acids is 1. The Morgan fingerprint density at radius 1 is 1.28 bits per heavy atom. The molecule has 2 N–H and O–H groups in total. The van der Waals surface area contributed by atoms with Gasteiger partial charge in [-0.2, -0.15) is 0 Å². The molecule has 4 rings (SSSR count). The quantitative estimate of drug-likeness (QED) is 0.773. The van der Waals surface area contributed by atoms with Crippen LogP contribution in [-0.2, 0) is 9.47 Å². The molecule has 3 heterocycles. The molecule has 0 bridgehead atoms. The third kappa shape index (κ3) is 3.33. The summed E-state index contributed by atoms with van der Waals surface area (Å²) in [6.07, 6.45) is 4.69. The SMILES string of the molecule is O=C(c1cnc(C2CCC2)[nH]c1=O)N1CCOCC2(COCCN2)C1. The number of carbonyl (C=O) groups is 1. The summed E-state index contributed by atoms with van der Waals surface area (Å²) in [6.45, 7) is 3.71. The van der Waals surface area contributed by atoms with Gasteiger partial charge in [0.15, 0.2) is 0 Å². The number of amides is 1. The fourth-order valence-corrected chi connectivity index (χ4v) is 3.63. The van der Waals surface area contributed by atoms with E-state index < -0.39 is 5.54 Å². The number of aromatic nitrogens is 2. The lowest BCUT2D eigenvalue weighted by Gasteiger charge is -2.39. The Kier molecular flexibility index (Phi) is 4.58. The van der Waals surface area contributed by atoms with E-state index in [1.165, 1.54) is 12.6 Å². The molecule has 1 atom stereocenters. The van der Waals surface area contributed by atoms with Crippen LogP contribution in [0, 0.1) is 0 Å². The van der Waals surface area contributed by atoms with Gasteiger partial charge in [0.25, 0.3) is 11.5 Å². The lowest BCUT2D eigenvalue weighted by Crippen LogP contribution is -2.62. The fourth-order valence-electron chi connectivity index (χ4n) is 3.63. The molecule has 2 aliphatic heterocycles. The van der Waals surface area contributed by atoms with Crippen molar-refractivity contribution in [1.29, 1.82) is 0 Å². The van der Waals surface area contributed by atoms with Crippen LogP contribution in [0.5, 0.6) is 0 Å². The van der Waals surface area contributed by atoms with Gasteiger partial charge in [0.1, 0.15) is 11.4 Å². The molecule has 0 radical (unpaired) electrons. The van der Waals surface area contributed by atoms with Crippen molar-refractivity contribution in [2.75, 3.05) is 46.1 Å². The third-order valence-corrected chi connectivity index (χ3v) is 5.33. The predicted molar refractivity (Wildman–Crippen MR) is 89.7 cm³/mol. The Morgan fingerprint density at radius 2 is 2.08 bits per heavy atom. The van der Waals surface area contributed by atoms with Gasteiger partial charge < -0.3 is 24.7 Å². The summed E-state index contributed by atoms with van der Waals surface area (Å²) in [5, 5.41) is 3.42. The largest absolute Gasteiger partial charge is 0.378 e. The highest BCUT2D eigenvalue weighted by Gasteiger charge is 2.38. The zero-order chi connectivity index (χ0) is 17.3. The molecule has 3 fully saturated rings. The van der Waals surface area contributed by atoms with Crippen molar-refractivity contribution in [3.05, 3.63) is 27.9 Å². The summed E-state index contributed by atoms with van der Waals surface area (Å²) in [5.41, 5.74) is -0.665. The minimum absolute atomic E-state index is 0.0943. The molecule has 136 valence electrons. The van der Waals surface area contributed by atoms with Crippen LogP contribution in [0.25, 0.3) is 0 Å². The number of aromatic amines is 1. The summed E-state index contributed by atoms with van der Waals surface area (Å²) in [4.78, 5) is 34.1. The lowest BCUT2D eigenvalue weighted by atomic mass is 9.85. The highest BCUT2D eigenvalue weighted by atomic mass is 16.5. The normalized spacial score (nSPS) is 27.8. The van der Waals surface area contributed by atoms with Gasteiger partial charge in [0.2, 0.25) is 0 Å². The van der Waals surface area contributed by atoms with Crippen LogP contribution in [0.15, 0.2) is 11.0 Å². The van der Waals surface area contributed by atoms with Crippen molar-refractivity contribution in [3.8, 4) is 0 Å². The van der Waals surface area contributed by atoms with E-state index in [0.29, 0.717) is 51.3 Å². The van der Waals surface area contributed by atoms with Crippen molar-refractivity contribution in [3.63, 3.8) is 0 Å². The van der Waals surface area contributed by atoms with Gasteiger partial charge >= 0.3 is 0 Å². The molecule has 3 aliphatic rings. The Morgan fingerprint density at radius 3 is 2.76 bits per heavy atom. The predicted octanol–water partition coefficient (Wildman–Crippen LogP) is -0.132. The molecule has 0 aromatic carbocycles. The van der Waals surface area contributed by atoms with E-state index in [1.807, 2.05) is 0 Å². The van der Waals surface area contributed by atoms with Crippen molar-refractivity contribution < 1.29 is 14.3 Å². The summed E-state index contributed by atoms with van der Waals surface area (Å²) >= 11 is 0. The highest BCUT2D eigenvalue weighted by molar-refractivity contribution is 5.93. The summed E-state index contributed by atoms with van der Waals surface area (Å²) < 4.78 is 11.2. The molecule has 1 aromatic heterocycles. The number of hydrogen-bond donors (Lipinski definition) is 2. The first-order chi connectivity index (χ1) is 12.2. The van der Waals surface area contributed by atoms with Crippen LogP contribution in [0.1, 0.15) is 41.4 Å². The summed E-state index contributed by atoms with van der Waals surface area (Å²) in [5.74, 6) is 0.729. The molecular weight excluding hydrogens is 324 g/mol. The van der Waals surface area contributed by atoms with Crippen molar-refractivity contribution in [1.82, 2.24) is 20.2 Å². The molecule has 1 saturated carbocycles. The van der Waals surface area contributed by atoms with E-state index >= 15 is 0 Å². The molecule has 2 saturated heterocycles. The first-order valence-corrected chi connectivity index (χ1v) is 8.96. The first-order valence-electron chi connectivity index (χ1n) is 8.96. The standard InChI is InChI=1S/C17H24N4O4/c22-15-13(8-18-14(20-15)12-2-1-3-12)16(23)21-5-7-25-11-17(9-21)10-24-6-4-19-17/h8,12,19H,1-7,9-11H2,(H,18,20,22). The lowest BCUT2D eigenvalue weighted by molar-refractivity contribution is -0.0149. The Hall–Kier alpha value is -1.77. The molecule has 1 aromatic rings. The zero-order valence-corrected chi connectivity index (χ0v) is 14.3. The van der Waals surface area contributed by atoms with E-state index in [0.717, 1.165) is 19.4 Å². The second kappa shape index (κ2) is 6.86. The average Bonchev–Trinajstić information content (AvgIpc) is 2.76. The number of hydrogen-bond acceptors (Lipinski definition) is 6. The van der Waals surface area contributed by atoms with E-state index in [9.17, 15) is 9.59 Å². The smallest absolute Gasteiger partial charge is 0.263 e. The third-order valence-electron chi connectivity index (χ3n) is 5.33. The molecule has 25 heavy (non-hydrogen) atoms. The van der Waals surface area contributed by atoms with Crippen LogP contribution in [0.2, 0.25) is 0 Å². The molecule has 1 amide bonds. The maximum Gasteiger partial charge on any atom is 0.263 e. The summed E-state index contributed by atoms with van der Waals surface area (Å²) in [7, 11) is 0. The van der Waals surface area contributed by atoms with Crippen molar-refractivity contribution >= 4 is 5.91 Å². The molecule has 8 heteroatoms. The van der Waals surface area contributed by atoms with Crippen LogP contribution < -0.4 is 10.9 Å². The number of ether oxygens (including phenoxy) is 2. The van der Waals surface area contributed by atoms with E-state index in [-0.39, 0.29) is 17.0 Å². The Labute approximate surface area is 145 Å². The molecule has 1 unspecified atom stereocenters. The Bertz CT molecular complexity index is 694. The topological polar surface area (TPSA) is 96.6 Å². The number of morpholine rings is 1. The summed E-state index contributed by atoms with van der Waals surface area (Å²) in [6, 6.07) is 0. The average molecular weight is 348 g/mol. The molecule has 1 aliphatic carbocycles. The van der Waals surface area contributed by atoms with Gasteiger partial charge in [0.05, 0.1) is 32.0 Å². The molecule has 1 spiro atoms.